The van der Waals surface area contributed by atoms with Crippen LogP contribution in [0.25, 0.3) is 0 Å². The van der Waals surface area contributed by atoms with Gasteiger partial charge in [-0.15, -0.1) is 0 Å². The van der Waals surface area contributed by atoms with Gasteiger partial charge >= 0.3 is 0 Å². The summed E-state index contributed by atoms with van der Waals surface area (Å²) in [7, 11) is 2.06. The lowest BCUT2D eigenvalue weighted by Crippen LogP contribution is -2.01. The van der Waals surface area contributed by atoms with E-state index in [4.69, 9.17) is 11.6 Å². The number of nitrogens with one attached hydrogen (secondary N) is 1. The molecule has 1 saturated carbocycles. The zero-order valence-electron chi connectivity index (χ0n) is 7.88. The summed E-state index contributed by atoms with van der Waals surface area (Å²) in [5.74, 6) is 0.715. The first-order valence-corrected chi connectivity index (χ1v) is 5.91. The van der Waals surface area contributed by atoms with Crippen LogP contribution in [-0.2, 0) is 0 Å². The largest absolute Gasteiger partial charge is 0.310 e. The van der Waals surface area contributed by atoms with Crippen LogP contribution in [0.2, 0.25) is 5.02 Å². The Bertz CT molecular complexity index is 389. The summed E-state index contributed by atoms with van der Waals surface area (Å²) in [6.07, 6.45) is 2.59. The molecule has 1 aromatic carbocycles. The summed E-state index contributed by atoms with van der Waals surface area (Å²) in [6.45, 7) is 0. The fourth-order valence-electron chi connectivity index (χ4n) is 1.79. The maximum Gasteiger partial charge on any atom is 0.0727 e. The number of nitrogens with zero attached hydrogens (tertiary/aromatic N) is 1. The molecular weight excluding hydrogens is 216 g/mol. The van der Waals surface area contributed by atoms with Crippen molar-refractivity contribution >= 4 is 35.1 Å². The summed E-state index contributed by atoms with van der Waals surface area (Å²) in [5, 5.41) is 0.912. The first-order chi connectivity index (χ1) is 6.75. The fraction of sp³-hybridized carbons (Fsp3) is 0.400. The molecule has 1 aromatic rings. The van der Waals surface area contributed by atoms with E-state index in [2.05, 4.69) is 22.1 Å². The van der Waals surface area contributed by atoms with Crippen LogP contribution in [-0.4, -0.2) is 7.05 Å². The number of halogens is 1. The Morgan fingerprint density at radius 3 is 3.00 bits per heavy atom. The third kappa shape index (κ3) is 1.27. The van der Waals surface area contributed by atoms with Gasteiger partial charge in [-0.05, 0) is 36.5 Å². The maximum atomic E-state index is 6.22. The summed E-state index contributed by atoms with van der Waals surface area (Å²) in [4.78, 5) is 0. The van der Waals surface area contributed by atoms with E-state index in [-0.39, 0.29) is 0 Å². The van der Waals surface area contributed by atoms with Crippen LogP contribution >= 0.6 is 23.7 Å². The van der Waals surface area contributed by atoms with Crippen LogP contribution in [0, 0.1) is 0 Å². The molecule has 1 N–H and O–H groups in total. The van der Waals surface area contributed by atoms with Crippen LogP contribution in [0.4, 0.5) is 11.4 Å². The first-order valence-electron chi connectivity index (χ1n) is 4.76. The number of rotatable bonds is 1. The van der Waals surface area contributed by atoms with Crippen LogP contribution < -0.4 is 9.03 Å². The Kier molecular flexibility index (Phi) is 1.86. The zero-order chi connectivity index (χ0) is 9.71. The second-order valence-corrected chi connectivity index (χ2v) is 5.20. The minimum absolute atomic E-state index is 0.715. The van der Waals surface area contributed by atoms with Gasteiger partial charge in [0.2, 0.25) is 0 Å². The van der Waals surface area contributed by atoms with Gasteiger partial charge in [-0.2, -0.15) is 0 Å². The standard InChI is InChI=1S/C10H11ClN2S/c1-13-10-4-7(6-2-3-6)8(11)5-9(10)12-14-13/h4-6,12H,2-3H2,1H3. The highest BCUT2D eigenvalue weighted by Gasteiger charge is 2.28. The topological polar surface area (TPSA) is 15.3 Å². The lowest BCUT2D eigenvalue weighted by Gasteiger charge is -2.10. The molecule has 2 nitrogen and oxygen atoms in total. The first kappa shape index (κ1) is 8.74. The quantitative estimate of drug-likeness (QED) is 0.736. The van der Waals surface area contributed by atoms with Crippen molar-refractivity contribution in [2.24, 2.45) is 0 Å². The molecule has 2 aliphatic rings. The van der Waals surface area contributed by atoms with Crippen LogP contribution in [0.1, 0.15) is 24.3 Å². The monoisotopic (exact) mass is 226 g/mol. The number of hydrogen-bond acceptors (Lipinski definition) is 3. The van der Waals surface area contributed by atoms with Crippen molar-refractivity contribution in [3.63, 3.8) is 0 Å². The van der Waals surface area contributed by atoms with Crippen molar-refractivity contribution in [1.82, 2.24) is 0 Å². The van der Waals surface area contributed by atoms with E-state index in [1.165, 1.54) is 24.1 Å². The van der Waals surface area contributed by atoms with Crippen molar-refractivity contribution in [2.75, 3.05) is 16.1 Å². The number of anilines is 2. The van der Waals surface area contributed by atoms with E-state index >= 15 is 0 Å². The molecule has 0 spiro atoms. The minimum Gasteiger partial charge on any atom is -0.310 e. The molecule has 0 radical (unpaired) electrons. The molecule has 0 saturated heterocycles. The molecule has 0 aromatic heterocycles. The van der Waals surface area contributed by atoms with Crippen LogP contribution in [0.15, 0.2) is 12.1 Å². The van der Waals surface area contributed by atoms with Gasteiger partial charge in [0.05, 0.1) is 23.5 Å². The van der Waals surface area contributed by atoms with Crippen LogP contribution in [0.5, 0.6) is 0 Å². The lowest BCUT2D eigenvalue weighted by molar-refractivity contribution is 1.13. The van der Waals surface area contributed by atoms with E-state index in [1.807, 2.05) is 6.07 Å². The van der Waals surface area contributed by atoms with Crippen molar-refractivity contribution in [3.8, 4) is 0 Å². The second kappa shape index (κ2) is 2.97. The Balaban J connectivity index is 2.10. The Morgan fingerprint density at radius 2 is 2.29 bits per heavy atom. The van der Waals surface area contributed by atoms with Crippen LogP contribution in [0.3, 0.4) is 0 Å². The van der Waals surface area contributed by atoms with Gasteiger partial charge in [0.15, 0.2) is 0 Å². The van der Waals surface area contributed by atoms with E-state index in [9.17, 15) is 0 Å². The second-order valence-electron chi connectivity index (χ2n) is 3.86. The molecule has 0 amide bonds. The molecular formula is C10H11ClN2S. The van der Waals surface area contributed by atoms with E-state index in [0.29, 0.717) is 5.92 Å². The molecule has 14 heavy (non-hydrogen) atoms. The highest BCUT2D eigenvalue weighted by molar-refractivity contribution is 8.02. The van der Waals surface area contributed by atoms with Crippen molar-refractivity contribution < 1.29 is 0 Å². The van der Waals surface area contributed by atoms with E-state index < -0.39 is 0 Å². The van der Waals surface area contributed by atoms with Crippen molar-refractivity contribution in [1.29, 1.82) is 0 Å². The maximum absolute atomic E-state index is 6.22. The predicted molar refractivity (Wildman–Crippen MR) is 63.0 cm³/mol. The summed E-state index contributed by atoms with van der Waals surface area (Å²) in [6, 6.07) is 4.27. The highest BCUT2D eigenvalue weighted by Crippen LogP contribution is 2.48. The van der Waals surface area contributed by atoms with Gasteiger partial charge in [-0.25, -0.2) is 0 Å². The molecule has 1 aliphatic heterocycles. The Hall–Kier alpha value is -0.540. The van der Waals surface area contributed by atoms with Crippen molar-refractivity contribution in [2.45, 2.75) is 18.8 Å². The van der Waals surface area contributed by atoms with Gasteiger partial charge in [0, 0.05) is 12.1 Å². The van der Waals surface area contributed by atoms with Gasteiger partial charge in [0.25, 0.3) is 0 Å². The van der Waals surface area contributed by atoms with Crippen molar-refractivity contribution in [3.05, 3.63) is 22.7 Å². The molecule has 74 valence electrons. The zero-order valence-corrected chi connectivity index (χ0v) is 9.45. The normalized spacial score (nSPS) is 19.4. The van der Waals surface area contributed by atoms with Gasteiger partial charge in [0.1, 0.15) is 0 Å². The van der Waals surface area contributed by atoms with Gasteiger partial charge in [-0.3, -0.25) is 4.31 Å². The fourth-order valence-corrected chi connectivity index (χ4v) is 2.76. The molecule has 1 heterocycles. The van der Waals surface area contributed by atoms with E-state index in [1.54, 1.807) is 12.1 Å². The number of fused-ring (bicyclic) bond motifs is 1. The summed E-state index contributed by atoms with van der Waals surface area (Å²) < 4.78 is 5.37. The molecule has 0 atom stereocenters. The average Bonchev–Trinajstić information content (AvgIpc) is 2.93. The molecule has 0 unspecified atom stereocenters. The number of hydrogen-bond donors (Lipinski definition) is 1. The number of benzene rings is 1. The SMILES string of the molecule is CN1SNc2cc(Cl)c(C3CC3)cc21. The summed E-state index contributed by atoms with van der Waals surface area (Å²) in [5.41, 5.74) is 3.70. The Labute approximate surface area is 92.9 Å². The summed E-state index contributed by atoms with van der Waals surface area (Å²) >= 11 is 7.82. The van der Waals surface area contributed by atoms with E-state index in [0.717, 1.165) is 10.7 Å². The average molecular weight is 227 g/mol. The molecule has 1 aliphatic carbocycles. The van der Waals surface area contributed by atoms with Gasteiger partial charge in [-0.1, -0.05) is 11.6 Å². The predicted octanol–water partition coefficient (Wildman–Crippen LogP) is 3.64. The Morgan fingerprint density at radius 1 is 1.50 bits per heavy atom. The third-order valence-corrected chi connectivity index (χ3v) is 3.87. The molecule has 1 fully saturated rings. The lowest BCUT2D eigenvalue weighted by atomic mass is 10.1. The smallest absolute Gasteiger partial charge is 0.0727 e. The van der Waals surface area contributed by atoms with Gasteiger partial charge < -0.3 is 4.72 Å². The molecule has 3 rings (SSSR count). The molecule has 0 bridgehead atoms. The molecule has 4 heteroatoms. The highest BCUT2D eigenvalue weighted by atomic mass is 35.5. The minimum atomic E-state index is 0.715. The third-order valence-electron chi connectivity index (χ3n) is 2.76.